The summed E-state index contributed by atoms with van der Waals surface area (Å²) in [4.78, 5) is 26.8. The zero-order chi connectivity index (χ0) is 18.8. The number of aromatic amines is 1. The molecule has 1 aliphatic rings. The molecule has 0 saturated carbocycles. The first-order chi connectivity index (χ1) is 12.4. The number of rotatable bonds is 5. The number of aryl methyl sites for hydroxylation is 3. The molecule has 2 aromatic rings. The summed E-state index contributed by atoms with van der Waals surface area (Å²) in [7, 11) is 1.68. The lowest BCUT2D eigenvalue weighted by Gasteiger charge is -2.32. The number of amides is 1. The lowest BCUT2D eigenvalue weighted by Crippen LogP contribution is -2.40. The van der Waals surface area contributed by atoms with Crippen LogP contribution in [-0.4, -0.2) is 48.4 Å². The fraction of sp³-hybridized carbons (Fsp3) is 0.667. The molecule has 1 N–H and O–H groups in total. The first-order valence-corrected chi connectivity index (χ1v) is 9.34. The fourth-order valence-corrected chi connectivity index (χ4v) is 3.87. The lowest BCUT2D eigenvalue weighted by molar-refractivity contribution is -0.132. The van der Waals surface area contributed by atoms with Gasteiger partial charge in [0.2, 0.25) is 5.91 Å². The van der Waals surface area contributed by atoms with Gasteiger partial charge in [-0.3, -0.25) is 14.5 Å². The van der Waals surface area contributed by atoms with Crippen LogP contribution in [0.2, 0.25) is 0 Å². The second-order valence-electron chi connectivity index (χ2n) is 7.10. The minimum Gasteiger partial charge on any atom is -0.342 e. The Morgan fingerprint density at radius 2 is 2.12 bits per heavy atom. The number of nitrogens with one attached hydrogen (secondary N) is 1. The van der Waals surface area contributed by atoms with Crippen molar-refractivity contribution in [3.05, 3.63) is 33.3 Å². The minimum atomic E-state index is -0.0862. The van der Waals surface area contributed by atoms with Gasteiger partial charge >= 0.3 is 5.69 Å². The fourth-order valence-electron chi connectivity index (χ4n) is 3.87. The molecule has 3 rings (SSSR count). The van der Waals surface area contributed by atoms with E-state index >= 15 is 0 Å². The maximum atomic E-state index is 12.7. The van der Waals surface area contributed by atoms with Gasteiger partial charge in [0.25, 0.3) is 0 Å². The van der Waals surface area contributed by atoms with Crippen LogP contribution in [0.1, 0.15) is 54.9 Å². The highest BCUT2D eigenvalue weighted by Gasteiger charge is 2.28. The standard InChI is InChI=1S/C18H28N6O2/c1-5-24-17(21-22(4)18(24)26)14-7-6-10-23(11-14)16(25)9-8-15-12(2)19-20-13(15)3/h14H,5-11H2,1-4H3,(H,19,20)/t14-/m1/s1. The monoisotopic (exact) mass is 360 g/mol. The molecule has 26 heavy (non-hydrogen) atoms. The predicted octanol–water partition coefficient (Wildman–Crippen LogP) is 1.28. The van der Waals surface area contributed by atoms with Crippen molar-refractivity contribution in [3.8, 4) is 0 Å². The smallest absolute Gasteiger partial charge is 0.342 e. The molecule has 8 heteroatoms. The maximum absolute atomic E-state index is 12.7. The number of aromatic nitrogens is 5. The van der Waals surface area contributed by atoms with Gasteiger partial charge in [0.05, 0.1) is 5.69 Å². The molecule has 8 nitrogen and oxygen atoms in total. The topological polar surface area (TPSA) is 88.8 Å². The van der Waals surface area contributed by atoms with Crippen molar-refractivity contribution in [2.45, 2.75) is 58.9 Å². The summed E-state index contributed by atoms with van der Waals surface area (Å²) in [5.41, 5.74) is 3.05. The van der Waals surface area contributed by atoms with Crippen LogP contribution >= 0.6 is 0 Å². The van der Waals surface area contributed by atoms with E-state index in [0.29, 0.717) is 25.9 Å². The SMILES string of the molecule is CCn1c([C@@H]2CCCN(C(=O)CCc3c(C)n[nH]c3C)C2)nn(C)c1=O. The van der Waals surface area contributed by atoms with E-state index in [1.165, 1.54) is 4.68 Å². The Labute approximate surface area is 153 Å². The van der Waals surface area contributed by atoms with Crippen molar-refractivity contribution in [2.75, 3.05) is 13.1 Å². The largest absolute Gasteiger partial charge is 0.345 e. The lowest BCUT2D eigenvalue weighted by atomic mass is 9.96. The molecule has 1 atom stereocenters. The van der Waals surface area contributed by atoms with Gasteiger partial charge in [-0.25, -0.2) is 9.48 Å². The highest BCUT2D eigenvalue weighted by molar-refractivity contribution is 5.76. The predicted molar refractivity (Wildman–Crippen MR) is 98.1 cm³/mol. The van der Waals surface area contributed by atoms with Crippen molar-refractivity contribution in [2.24, 2.45) is 7.05 Å². The zero-order valence-corrected chi connectivity index (χ0v) is 16.1. The molecule has 0 radical (unpaired) electrons. The molecule has 1 fully saturated rings. The molecular formula is C18H28N6O2. The molecule has 0 spiro atoms. The molecule has 2 aromatic heterocycles. The Balaban J connectivity index is 1.67. The summed E-state index contributed by atoms with van der Waals surface area (Å²) in [5, 5.41) is 11.6. The molecule has 1 aliphatic heterocycles. The van der Waals surface area contributed by atoms with Crippen LogP contribution in [0.5, 0.6) is 0 Å². The average molecular weight is 360 g/mol. The van der Waals surface area contributed by atoms with E-state index in [4.69, 9.17) is 0 Å². The van der Waals surface area contributed by atoms with Gasteiger partial charge in [-0.15, -0.1) is 0 Å². The van der Waals surface area contributed by atoms with Crippen molar-refractivity contribution >= 4 is 5.91 Å². The number of H-pyrrole nitrogens is 1. The van der Waals surface area contributed by atoms with E-state index in [-0.39, 0.29) is 17.5 Å². The Morgan fingerprint density at radius 1 is 1.35 bits per heavy atom. The summed E-state index contributed by atoms with van der Waals surface area (Å²) in [6.07, 6.45) is 3.09. The van der Waals surface area contributed by atoms with Crippen LogP contribution < -0.4 is 5.69 Å². The minimum absolute atomic E-state index is 0.0862. The van der Waals surface area contributed by atoms with Crippen molar-refractivity contribution in [3.63, 3.8) is 0 Å². The van der Waals surface area contributed by atoms with Crippen LogP contribution in [-0.2, 0) is 24.8 Å². The average Bonchev–Trinajstić information content (AvgIpc) is 3.12. The van der Waals surface area contributed by atoms with Gasteiger partial charge < -0.3 is 4.90 Å². The van der Waals surface area contributed by atoms with E-state index < -0.39 is 0 Å². The Hall–Kier alpha value is -2.38. The summed E-state index contributed by atoms with van der Waals surface area (Å²) in [6, 6.07) is 0. The second-order valence-corrected chi connectivity index (χ2v) is 7.10. The van der Waals surface area contributed by atoms with Gasteiger partial charge in [0.15, 0.2) is 0 Å². The highest BCUT2D eigenvalue weighted by atomic mass is 16.2. The van der Waals surface area contributed by atoms with E-state index in [1.807, 2.05) is 25.7 Å². The molecular weight excluding hydrogens is 332 g/mol. The third kappa shape index (κ3) is 3.45. The summed E-state index contributed by atoms with van der Waals surface area (Å²) in [5.74, 6) is 1.09. The third-order valence-electron chi connectivity index (χ3n) is 5.36. The molecule has 0 bridgehead atoms. The Bertz CT molecular complexity index is 827. The quantitative estimate of drug-likeness (QED) is 0.870. The summed E-state index contributed by atoms with van der Waals surface area (Å²) in [6.45, 7) is 7.92. The van der Waals surface area contributed by atoms with Gasteiger partial charge in [-0.05, 0) is 45.6 Å². The molecule has 1 amide bonds. The third-order valence-corrected chi connectivity index (χ3v) is 5.36. The number of hydrogen-bond acceptors (Lipinski definition) is 4. The van der Waals surface area contributed by atoms with Crippen LogP contribution in [0.25, 0.3) is 0 Å². The van der Waals surface area contributed by atoms with Gasteiger partial charge in [0.1, 0.15) is 5.82 Å². The molecule has 0 aromatic carbocycles. The molecule has 1 saturated heterocycles. The molecule has 0 unspecified atom stereocenters. The van der Waals surface area contributed by atoms with Crippen molar-refractivity contribution in [1.82, 2.24) is 29.4 Å². The molecule has 142 valence electrons. The van der Waals surface area contributed by atoms with Crippen molar-refractivity contribution < 1.29 is 4.79 Å². The van der Waals surface area contributed by atoms with Gasteiger partial charge in [0, 0.05) is 44.7 Å². The van der Waals surface area contributed by atoms with Gasteiger partial charge in [-0.2, -0.15) is 10.2 Å². The van der Waals surface area contributed by atoms with E-state index in [1.54, 1.807) is 11.6 Å². The van der Waals surface area contributed by atoms with Gasteiger partial charge in [-0.1, -0.05) is 0 Å². The van der Waals surface area contributed by atoms with E-state index in [9.17, 15) is 9.59 Å². The second kappa shape index (κ2) is 7.47. The number of piperidine rings is 1. The Morgan fingerprint density at radius 3 is 2.77 bits per heavy atom. The van der Waals surface area contributed by atoms with Crippen LogP contribution in [0.4, 0.5) is 0 Å². The van der Waals surface area contributed by atoms with Crippen LogP contribution in [0.3, 0.4) is 0 Å². The normalized spacial score (nSPS) is 17.7. The van der Waals surface area contributed by atoms with Crippen LogP contribution in [0, 0.1) is 13.8 Å². The Kier molecular flexibility index (Phi) is 5.29. The first-order valence-electron chi connectivity index (χ1n) is 9.34. The van der Waals surface area contributed by atoms with E-state index in [0.717, 1.165) is 42.2 Å². The first kappa shape index (κ1) is 18.4. The number of nitrogens with zero attached hydrogens (tertiary/aromatic N) is 5. The number of likely N-dealkylation sites (tertiary alicyclic amines) is 1. The molecule has 3 heterocycles. The number of hydrogen-bond donors (Lipinski definition) is 1. The number of carbonyl (C=O) groups excluding carboxylic acids is 1. The highest BCUT2D eigenvalue weighted by Crippen LogP contribution is 2.26. The summed E-state index contributed by atoms with van der Waals surface area (Å²) < 4.78 is 3.11. The summed E-state index contributed by atoms with van der Waals surface area (Å²) >= 11 is 0. The van der Waals surface area contributed by atoms with Crippen molar-refractivity contribution in [1.29, 1.82) is 0 Å². The van der Waals surface area contributed by atoms with Crippen LogP contribution in [0.15, 0.2) is 4.79 Å². The maximum Gasteiger partial charge on any atom is 0.345 e. The zero-order valence-electron chi connectivity index (χ0n) is 16.1. The number of carbonyl (C=O) groups is 1. The molecule has 0 aliphatic carbocycles. The van der Waals surface area contributed by atoms with E-state index in [2.05, 4.69) is 15.3 Å².